The Hall–Kier alpha value is -2.99. The van der Waals surface area contributed by atoms with E-state index in [4.69, 9.17) is 9.84 Å². The molecule has 0 spiro atoms. The molecule has 0 amide bonds. The number of ether oxygens (including phenoxy) is 1. The van der Waals surface area contributed by atoms with Gasteiger partial charge >= 0.3 is 29.0 Å². The number of hydrogen-bond donors (Lipinski definition) is 3. The minimum Gasteiger partial charge on any atom is -0.481 e. The Kier molecular flexibility index (Phi) is 8.51. The average molecular weight is 441 g/mol. The molecule has 0 aliphatic heterocycles. The molecule has 1 saturated carbocycles. The van der Waals surface area contributed by atoms with E-state index in [9.17, 15) is 34.2 Å². The molecular weight excluding hydrogens is 414 g/mol. The average Bonchev–Trinajstić information content (AvgIpc) is 2.75. The molecule has 1 aromatic heterocycles. The monoisotopic (exact) mass is 441 g/mol. The van der Waals surface area contributed by atoms with Crippen molar-refractivity contribution in [2.24, 2.45) is 11.8 Å². The number of aliphatic hydroxyl groups excluding tert-OH is 2. The van der Waals surface area contributed by atoms with Crippen LogP contribution in [0.15, 0.2) is 27.0 Å². The first kappa shape index (κ1) is 24.3. The Bertz CT molecular complexity index is 991. The van der Waals surface area contributed by atoms with Gasteiger partial charge < -0.3 is 20.1 Å². The number of nitrogens with zero attached hydrogens (tertiary/aromatic N) is 3. The van der Waals surface area contributed by atoms with Gasteiger partial charge in [0, 0.05) is 0 Å². The molecule has 3 atom stereocenters. The molecule has 0 aromatic carbocycles. The lowest BCUT2D eigenvalue weighted by Crippen LogP contribution is -2.55. The maximum atomic E-state index is 12.5. The molecule has 3 unspecified atom stereocenters. The van der Waals surface area contributed by atoms with Gasteiger partial charge in [0.05, 0.1) is 38.1 Å². The van der Waals surface area contributed by atoms with Crippen LogP contribution in [0.5, 0.6) is 0 Å². The lowest BCUT2D eigenvalue weighted by molar-refractivity contribution is -0.161. The molecule has 12 heteroatoms. The summed E-state index contributed by atoms with van der Waals surface area (Å²) in [6.45, 7) is 1.26. The van der Waals surface area contributed by atoms with Gasteiger partial charge in [0.2, 0.25) is 0 Å². The van der Waals surface area contributed by atoms with Crippen molar-refractivity contribution < 1.29 is 29.6 Å². The molecule has 0 radical (unpaired) electrons. The van der Waals surface area contributed by atoms with E-state index in [1.807, 2.05) is 0 Å². The van der Waals surface area contributed by atoms with E-state index in [1.54, 1.807) is 0 Å². The van der Waals surface area contributed by atoms with Crippen molar-refractivity contribution in [3.05, 3.63) is 44.1 Å². The summed E-state index contributed by atoms with van der Waals surface area (Å²) in [5.41, 5.74) is -2.92. The molecule has 1 aromatic rings. The van der Waals surface area contributed by atoms with Crippen molar-refractivity contribution >= 4 is 11.9 Å². The van der Waals surface area contributed by atoms with E-state index in [2.05, 4.69) is 6.58 Å². The fraction of sp³-hybridized carbons (Fsp3) is 0.632. The Morgan fingerprint density at radius 3 is 2.23 bits per heavy atom. The van der Waals surface area contributed by atoms with Crippen molar-refractivity contribution in [1.29, 1.82) is 0 Å². The number of allylic oxidation sites excluding steroid dienone is 1. The van der Waals surface area contributed by atoms with Gasteiger partial charge in [-0.3, -0.25) is 9.59 Å². The van der Waals surface area contributed by atoms with Crippen molar-refractivity contribution in [2.75, 3.05) is 13.2 Å². The number of hydrogen-bond acceptors (Lipinski definition) is 8. The molecule has 12 nitrogen and oxygen atoms in total. The zero-order valence-corrected chi connectivity index (χ0v) is 17.0. The highest BCUT2D eigenvalue weighted by atomic mass is 16.5. The van der Waals surface area contributed by atoms with Crippen LogP contribution < -0.4 is 17.1 Å². The number of aliphatic hydroxyl groups is 2. The van der Waals surface area contributed by atoms with Crippen LogP contribution in [0.25, 0.3) is 0 Å². The summed E-state index contributed by atoms with van der Waals surface area (Å²) in [6, 6.07) is 0. The first-order valence-electron chi connectivity index (χ1n) is 9.96. The van der Waals surface area contributed by atoms with Crippen LogP contribution in [0.3, 0.4) is 0 Å². The second-order valence-corrected chi connectivity index (χ2v) is 7.35. The Labute approximate surface area is 176 Å². The van der Waals surface area contributed by atoms with Gasteiger partial charge in [-0.1, -0.05) is 18.9 Å². The van der Waals surface area contributed by atoms with Gasteiger partial charge in [0.1, 0.15) is 12.7 Å². The summed E-state index contributed by atoms with van der Waals surface area (Å²) in [4.78, 5) is 60.9. The van der Waals surface area contributed by atoms with Crippen LogP contribution in [0.2, 0.25) is 0 Å². The lowest BCUT2D eigenvalue weighted by atomic mass is 9.79. The third-order valence-corrected chi connectivity index (χ3v) is 5.22. The van der Waals surface area contributed by atoms with E-state index >= 15 is 0 Å². The minimum absolute atomic E-state index is 0.188. The molecule has 1 aliphatic carbocycles. The number of aromatic nitrogens is 3. The molecule has 3 N–H and O–H groups in total. The Balaban J connectivity index is 2.17. The van der Waals surface area contributed by atoms with E-state index in [1.165, 1.54) is 6.08 Å². The van der Waals surface area contributed by atoms with Crippen LogP contribution >= 0.6 is 0 Å². The topological polar surface area (TPSA) is 170 Å². The van der Waals surface area contributed by atoms with E-state index < -0.39 is 66.7 Å². The van der Waals surface area contributed by atoms with Crippen LogP contribution in [0.1, 0.15) is 25.7 Å². The summed E-state index contributed by atoms with van der Waals surface area (Å²) in [5, 5.41) is 28.6. The zero-order chi connectivity index (χ0) is 23.1. The quantitative estimate of drug-likeness (QED) is 0.278. The standard InChI is InChI=1S/C19H27N3O9/c1-2-7-20-17(28)21(8-9-23)19(30)22(18(20)29)10-12(24)11-31-16(27)14-6-4-3-5-13(14)15(25)26/h2,12-14,23-24H,1,3-11H2,(H,25,26). The van der Waals surface area contributed by atoms with Gasteiger partial charge in [0.25, 0.3) is 0 Å². The zero-order valence-electron chi connectivity index (χ0n) is 17.0. The first-order chi connectivity index (χ1) is 14.7. The highest BCUT2D eigenvalue weighted by Crippen LogP contribution is 2.31. The number of aliphatic carboxylic acids is 1. The summed E-state index contributed by atoms with van der Waals surface area (Å²) < 4.78 is 7.04. The largest absolute Gasteiger partial charge is 0.481 e. The number of carbonyl (C=O) groups is 2. The van der Waals surface area contributed by atoms with Crippen LogP contribution in [0, 0.1) is 11.8 Å². The second kappa shape index (κ2) is 10.9. The fourth-order valence-corrected chi connectivity index (χ4v) is 3.67. The number of esters is 1. The van der Waals surface area contributed by atoms with Crippen LogP contribution in [0.4, 0.5) is 0 Å². The van der Waals surface area contributed by atoms with Gasteiger partial charge in [0.15, 0.2) is 0 Å². The first-order valence-corrected chi connectivity index (χ1v) is 9.96. The van der Waals surface area contributed by atoms with Crippen molar-refractivity contribution in [3.8, 4) is 0 Å². The van der Waals surface area contributed by atoms with E-state index in [0.717, 1.165) is 4.57 Å². The molecular formula is C19H27N3O9. The van der Waals surface area contributed by atoms with Crippen molar-refractivity contribution in [1.82, 2.24) is 13.7 Å². The number of rotatable bonds is 10. The summed E-state index contributed by atoms with van der Waals surface area (Å²) in [5.74, 6) is -3.51. The number of carbonyl (C=O) groups excluding carboxylic acids is 1. The highest BCUT2D eigenvalue weighted by Gasteiger charge is 2.37. The molecule has 31 heavy (non-hydrogen) atoms. The molecule has 0 saturated heterocycles. The summed E-state index contributed by atoms with van der Waals surface area (Å²) in [6.07, 6.45) is 1.94. The second-order valence-electron chi connectivity index (χ2n) is 7.35. The fourth-order valence-electron chi connectivity index (χ4n) is 3.67. The normalized spacial score (nSPS) is 19.5. The Morgan fingerprint density at radius 1 is 1.06 bits per heavy atom. The summed E-state index contributed by atoms with van der Waals surface area (Å²) >= 11 is 0. The molecule has 1 heterocycles. The predicted octanol–water partition coefficient (Wildman–Crippen LogP) is -1.85. The molecule has 1 fully saturated rings. The Morgan fingerprint density at radius 2 is 1.65 bits per heavy atom. The SMILES string of the molecule is C=CCn1c(=O)n(CCO)c(=O)n(CC(O)COC(=O)C2CCCCC2C(=O)O)c1=O. The molecule has 172 valence electrons. The molecule has 0 bridgehead atoms. The predicted molar refractivity (Wildman–Crippen MR) is 107 cm³/mol. The highest BCUT2D eigenvalue weighted by molar-refractivity contribution is 5.81. The van der Waals surface area contributed by atoms with Gasteiger partial charge in [-0.15, -0.1) is 6.58 Å². The van der Waals surface area contributed by atoms with Crippen LogP contribution in [-0.4, -0.2) is 60.3 Å². The van der Waals surface area contributed by atoms with Gasteiger partial charge in [-0.25, -0.2) is 28.1 Å². The van der Waals surface area contributed by atoms with Crippen molar-refractivity contribution in [3.63, 3.8) is 0 Å². The number of carboxylic acid groups (broad SMARTS) is 1. The maximum absolute atomic E-state index is 12.5. The van der Waals surface area contributed by atoms with Gasteiger partial charge in [-0.05, 0) is 12.8 Å². The van der Waals surface area contributed by atoms with Crippen LogP contribution in [-0.2, 0) is 34.0 Å². The van der Waals surface area contributed by atoms with E-state index in [-0.39, 0.29) is 13.1 Å². The lowest BCUT2D eigenvalue weighted by Gasteiger charge is -2.27. The third-order valence-electron chi connectivity index (χ3n) is 5.22. The summed E-state index contributed by atoms with van der Waals surface area (Å²) in [7, 11) is 0. The molecule has 1 aliphatic rings. The van der Waals surface area contributed by atoms with Gasteiger partial charge in [-0.2, -0.15) is 0 Å². The molecule has 2 rings (SSSR count). The van der Waals surface area contributed by atoms with Crippen molar-refractivity contribution in [2.45, 2.75) is 51.4 Å². The number of carboxylic acids is 1. The third kappa shape index (κ3) is 5.58. The smallest absolute Gasteiger partial charge is 0.336 e. The minimum atomic E-state index is -1.46. The maximum Gasteiger partial charge on any atom is 0.336 e. The van der Waals surface area contributed by atoms with E-state index in [0.29, 0.717) is 34.8 Å².